The van der Waals surface area contributed by atoms with Gasteiger partial charge in [0, 0.05) is 42.8 Å². The maximum atomic E-state index is 13.1. The number of nitrogens with one attached hydrogen (secondary N) is 1. The molecule has 0 bridgehead atoms. The molecule has 2 saturated heterocycles. The molecule has 9 heteroatoms. The summed E-state index contributed by atoms with van der Waals surface area (Å²) in [7, 11) is -2.92. The molecule has 160 valence electrons. The highest BCUT2D eigenvalue weighted by atomic mass is 35.5. The third-order valence-electron chi connectivity index (χ3n) is 5.68. The second kappa shape index (κ2) is 9.02. The van der Waals surface area contributed by atoms with Gasteiger partial charge >= 0.3 is 0 Å². The lowest BCUT2D eigenvalue weighted by Crippen LogP contribution is -2.57. The van der Waals surface area contributed by atoms with Crippen LogP contribution in [0.5, 0.6) is 0 Å². The van der Waals surface area contributed by atoms with E-state index in [1.165, 1.54) is 0 Å². The predicted molar refractivity (Wildman–Crippen MR) is 113 cm³/mol. The third-order valence-corrected chi connectivity index (χ3v) is 7.68. The number of carbonyl (C=O) groups is 2. The van der Waals surface area contributed by atoms with Gasteiger partial charge in [0.15, 0.2) is 9.84 Å². The minimum Gasteiger partial charge on any atom is -0.340 e. The van der Waals surface area contributed by atoms with E-state index in [1.807, 2.05) is 13.8 Å². The summed E-state index contributed by atoms with van der Waals surface area (Å²) in [6, 6.07) is 6.00. The van der Waals surface area contributed by atoms with Gasteiger partial charge < -0.3 is 10.2 Å². The normalized spacial score (nSPS) is 23.2. The molecule has 2 heterocycles. The van der Waals surface area contributed by atoms with E-state index >= 15 is 0 Å². The van der Waals surface area contributed by atoms with Crippen molar-refractivity contribution in [2.75, 3.05) is 37.7 Å². The average molecular weight is 442 g/mol. The largest absolute Gasteiger partial charge is 0.340 e. The number of piperazine rings is 1. The van der Waals surface area contributed by atoms with E-state index in [-0.39, 0.29) is 35.3 Å². The van der Waals surface area contributed by atoms with Crippen LogP contribution in [-0.2, 0) is 14.6 Å². The SMILES string of the molecule is CC(C)[C@H](NC(=O)c1ccc(Cl)cc1)C(=O)N1CCN(C2CCS(=O)(=O)C2)CC1. The van der Waals surface area contributed by atoms with Crippen molar-refractivity contribution in [1.29, 1.82) is 0 Å². The Balaban J connectivity index is 1.58. The molecule has 7 nitrogen and oxygen atoms in total. The molecule has 2 aliphatic rings. The summed E-state index contributed by atoms with van der Waals surface area (Å²) >= 11 is 5.87. The number of hydrogen-bond donors (Lipinski definition) is 1. The molecule has 0 radical (unpaired) electrons. The van der Waals surface area contributed by atoms with Gasteiger partial charge in [-0.3, -0.25) is 14.5 Å². The molecule has 1 N–H and O–H groups in total. The Morgan fingerprint density at radius 2 is 1.72 bits per heavy atom. The summed E-state index contributed by atoms with van der Waals surface area (Å²) in [6.07, 6.45) is 0.669. The van der Waals surface area contributed by atoms with Crippen LogP contribution in [-0.4, -0.2) is 79.8 Å². The molecule has 1 aromatic carbocycles. The highest BCUT2D eigenvalue weighted by molar-refractivity contribution is 7.91. The molecular formula is C20H28ClN3O4S. The van der Waals surface area contributed by atoms with Crippen LogP contribution in [0.15, 0.2) is 24.3 Å². The Kier molecular flexibility index (Phi) is 6.86. The van der Waals surface area contributed by atoms with Crippen LogP contribution < -0.4 is 5.32 Å². The van der Waals surface area contributed by atoms with E-state index in [0.717, 1.165) is 0 Å². The minimum atomic E-state index is -2.92. The number of amides is 2. The zero-order valence-electron chi connectivity index (χ0n) is 16.8. The second-order valence-corrected chi connectivity index (χ2v) is 10.8. The van der Waals surface area contributed by atoms with Gasteiger partial charge in [-0.05, 0) is 36.6 Å². The average Bonchev–Trinajstić information content (AvgIpc) is 3.05. The Labute approximate surface area is 177 Å². The number of benzene rings is 1. The third kappa shape index (κ3) is 5.49. The fraction of sp³-hybridized carbons (Fsp3) is 0.600. The summed E-state index contributed by atoms with van der Waals surface area (Å²) < 4.78 is 23.4. The first-order chi connectivity index (χ1) is 13.7. The Morgan fingerprint density at radius 1 is 1.10 bits per heavy atom. The van der Waals surface area contributed by atoms with E-state index in [1.54, 1.807) is 29.2 Å². The molecule has 0 aromatic heterocycles. The Bertz CT molecular complexity index is 849. The lowest BCUT2D eigenvalue weighted by atomic mass is 10.0. The Morgan fingerprint density at radius 3 is 2.24 bits per heavy atom. The van der Waals surface area contributed by atoms with Gasteiger partial charge in [0.05, 0.1) is 11.5 Å². The summed E-state index contributed by atoms with van der Waals surface area (Å²) in [5.74, 6) is 0.0108. The van der Waals surface area contributed by atoms with Gasteiger partial charge in [-0.2, -0.15) is 0 Å². The molecule has 3 rings (SSSR count). The molecule has 0 spiro atoms. The molecule has 2 aliphatic heterocycles. The monoisotopic (exact) mass is 441 g/mol. The molecule has 0 aliphatic carbocycles. The predicted octanol–water partition coefficient (Wildman–Crippen LogP) is 1.43. The zero-order valence-corrected chi connectivity index (χ0v) is 18.4. The summed E-state index contributed by atoms with van der Waals surface area (Å²) in [5.41, 5.74) is 0.458. The lowest BCUT2D eigenvalue weighted by Gasteiger charge is -2.39. The van der Waals surface area contributed by atoms with Crippen molar-refractivity contribution in [1.82, 2.24) is 15.1 Å². The van der Waals surface area contributed by atoms with Crippen LogP contribution in [0.3, 0.4) is 0 Å². The molecular weight excluding hydrogens is 414 g/mol. The van der Waals surface area contributed by atoms with Crippen LogP contribution in [0.4, 0.5) is 0 Å². The topological polar surface area (TPSA) is 86.8 Å². The summed E-state index contributed by atoms with van der Waals surface area (Å²) in [6.45, 7) is 6.20. The number of sulfone groups is 1. The van der Waals surface area contributed by atoms with Crippen molar-refractivity contribution in [3.05, 3.63) is 34.9 Å². The number of hydrogen-bond acceptors (Lipinski definition) is 5. The van der Waals surface area contributed by atoms with Crippen LogP contribution in [0.1, 0.15) is 30.6 Å². The quantitative estimate of drug-likeness (QED) is 0.746. The number of halogens is 1. The van der Waals surface area contributed by atoms with Crippen LogP contribution in [0, 0.1) is 5.92 Å². The number of rotatable bonds is 5. The van der Waals surface area contributed by atoms with E-state index < -0.39 is 15.9 Å². The molecule has 0 saturated carbocycles. The van der Waals surface area contributed by atoms with E-state index in [9.17, 15) is 18.0 Å². The van der Waals surface area contributed by atoms with Crippen molar-refractivity contribution in [2.24, 2.45) is 5.92 Å². The maximum Gasteiger partial charge on any atom is 0.251 e. The van der Waals surface area contributed by atoms with Gasteiger partial charge in [0.2, 0.25) is 5.91 Å². The highest BCUT2D eigenvalue weighted by Gasteiger charge is 2.36. The molecule has 1 unspecified atom stereocenters. The summed E-state index contributed by atoms with van der Waals surface area (Å²) in [4.78, 5) is 29.6. The van der Waals surface area contributed by atoms with Crippen LogP contribution in [0.25, 0.3) is 0 Å². The molecule has 2 fully saturated rings. The van der Waals surface area contributed by atoms with Crippen LogP contribution >= 0.6 is 11.6 Å². The lowest BCUT2D eigenvalue weighted by molar-refractivity contribution is -0.136. The van der Waals surface area contributed by atoms with E-state index in [0.29, 0.717) is 43.2 Å². The first-order valence-corrected chi connectivity index (χ1v) is 12.2. The van der Waals surface area contributed by atoms with Gasteiger partial charge in [-0.25, -0.2) is 8.42 Å². The standard InChI is InChI=1S/C20H28ClN3O4S/c1-14(2)18(22-19(25)15-3-5-16(21)6-4-15)20(26)24-10-8-23(9-11-24)17-7-12-29(27,28)13-17/h3-6,14,17-18H,7-13H2,1-2H3,(H,22,25)/t17?,18-/m0/s1. The first-order valence-electron chi connectivity index (χ1n) is 9.96. The van der Waals surface area contributed by atoms with Crippen molar-refractivity contribution < 1.29 is 18.0 Å². The zero-order chi connectivity index (χ0) is 21.2. The van der Waals surface area contributed by atoms with Gasteiger partial charge in [-0.1, -0.05) is 25.4 Å². The summed E-state index contributed by atoms with van der Waals surface area (Å²) in [5, 5.41) is 3.41. The van der Waals surface area contributed by atoms with Crippen molar-refractivity contribution in [3.8, 4) is 0 Å². The molecule has 1 aromatic rings. The van der Waals surface area contributed by atoms with Crippen molar-refractivity contribution in [2.45, 2.75) is 32.4 Å². The van der Waals surface area contributed by atoms with Gasteiger partial charge in [-0.15, -0.1) is 0 Å². The Hall–Kier alpha value is -1.64. The van der Waals surface area contributed by atoms with E-state index in [4.69, 9.17) is 11.6 Å². The maximum absolute atomic E-state index is 13.1. The van der Waals surface area contributed by atoms with Crippen LogP contribution in [0.2, 0.25) is 5.02 Å². The van der Waals surface area contributed by atoms with Crippen molar-refractivity contribution in [3.63, 3.8) is 0 Å². The first kappa shape index (κ1) is 22.1. The second-order valence-electron chi connectivity index (χ2n) is 8.12. The molecule has 2 amide bonds. The van der Waals surface area contributed by atoms with Crippen molar-refractivity contribution >= 4 is 33.3 Å². The van der Waals surface area contributed by atoms with Gasteiger partial charge in [0.25, 0.3) is 5.91 Å². The fourth-order valence-corrected chi connectivity index (χ4v) is 5.79. The molecule has 2 atom stereocenters. The van der Waals surface area contributed by atoms with E-state index in [2.05, 4.69) is 10.2 Å². The highest BCUT2D eigenvalue weighted by Crippen LogP contribution is 2.20. The molecule has 29 heavy (non-hydrogen) atoms. The number of nitrogens with zero attached hydrogens (tertiary/aromatic N) is 2. The van der Waals surface area contributed by atoms with Gasteiger partial charge in [0.1, 0.15) is 6.04 Å². The minimum absolute atomic E-state index is 0.0581. The number of carbonyl (C=O) groups excluding carboxylic acids is 2. The fourth-order valence-electron chi connectivity index (χ4n) is 3.91. The smallest absolute Gasteiger partial charge is 0.251 e.